The van der Waals surface area contributed by atoms with Crippen molar-refractivity contribution < 1.29 is 14.6 Å². The van der Waals surface area contributed by atoms with Crippen molar-refractivity contribution in [3.8, 4) is 5.75 Å². The van der Waals surface area contributed by atoms with Gasteiger partial charge in [-0.1, -0.05) is 30.3 Å². The number of benzene rings is 2. The van der Waals surface area contributed by atoms with E-state index in [0.29, 0.717) is 29.8 Å². The summed E-state index contributed by atoms with van der Waals surface area (Å²) in [5, 5.41) is 13.0. The fourth-order valence-electron chi connectivity index (χ4n) is 2.49. The maximum atomic E-state index is 12.0. The second-order valence-electron chi connectivity index (χ2n) is 6.26. The summed E-state index contributed by atoms with van der Waals surface area (Å²) in [6.45, 7) is 4.06. The zero-order valence-corrected chi connectivity index (χ0v) is 14.7. The first-order valence-corrected chi connectivity index (χ1v) is 8.50. The lowest BCUT2D eigenvalue weighted by molar-refractivity contribution is -0.121. The van der Waals surface area contributed by atoms with E-state index >= 15 is 0 Å². The summed E-state index contributed by atoms with van der Waals surface area (Å²) in [6, 6.07) is 14.8. The molecule has 0 spiro atoms. The van der Waals surface area contributed by atoms with Crippen LogP contribution in [0.1, 0.15) is 37.5 Å². The number of hydrogen-bond donors (Lipinski definition) is 3. The maximum Gasteiger partial charge on any atom is 0.220 e. The molecule has 0 radical (unpaired) electrons. The molecule has 2 aromatic carbocycles. The molecule has 0 heterocycles. The Hall–Kier alpha value is -2.53. The van der Waals surface area contributed by atoms with Gasteiger partial charge in [-0.15, -0.1) is 0 Å². The van der Waals surface area contributed by atoms with Crippen LogP contribution in [0.15, 0.2) is 48.5 Å². The van der Waals surface area contributed by atoms with Gasteiger partial charge in [-0.25, -0.2) is 0 Å². The molecule has 0 aromatic heterocycles. The summed E-state index contributed by atoms with van der Waals surface area (Å²) >= 11 is 0. The number of hydrogen-bond acceptors (Lipinski definition) is 4. The van der Waals surface area contributed by atoms with E-state index in [9.17, 15) is 9.90 Å². The van der Waals surface area contributed by atoms with Crippen molar-refractivity contribution in [2.75, 3.05) is 12.3 Å². The van der Waals surface area contributed by atoms with Crippen LogP contribution in [0.4, 0.5) is 5.69 Å². The van der Waals surface area contributed by atoms with E-state index in [1.165, 1.54) is 0 Å². The molecule has 0 saturated carbocycles. The largest absolute Gasteiger partial charge is 0.491 e. The first-order valence-electron chi connectivity index (χ1n) is 8.50. The SMILES string of the molecule is CC(C)Oc1cccc(C(O)CNC(=O)CCc2ccccc2N)c1. The van der Waals surface area contributed by atoms with E-state index in [4.69, 9.17) is 10.5 Å². The monoisotopic (exact) mass is 342 g/mol. The smallest absolute Gasteiger partial charge is 0.220 e. The van der Waals surface area contributed by atoms with Crippen molar-refractivity contribution in [1.82, 2.24) is 5.32 Å². The molecule has 0 aliphatic carbocycles. The van der Waals surface area contributed by atoms with Crippen molar-refractivity contribution in [2.45, 2.75) is 38.9 Å². The number of carbonyl (C=O) groups excluding carboxylic acids is 1. The van der Waals surface area contributed by atoms with E-state index in [1.807, 2.05) is 56.3 Å². The van der Waals surface area contributed by atoms with E-state index in [-0.39, 0.29) is 18.6 Å². The van der Waals surface area contributed by atoms with Crippen molar-refractivity contribution in [1.29, 1.82) is 0 Å². The molecule has 134 valence electrons. The Morgan fingerprint density at radius 1 is 1.20 bits per heavy atom. The van der Waals surface area contributed by atoms with Gasteiger partial charge in [-0.2, -0.15) is 0 Å². The minimum absolute atomic E-state index is 0.0671. The predicted octanol–water partition coefficient (Wildman–Crippen LogP) is 2.84. The number of ether oxygens (including phenoxy) is 1. The molecule has 1 unspecified atom stereocenters. The number of anilines is 1. The summed E-state index contributed by atoms with van der Waals surface area (Å²) < 4.78 is 5.62. The van der Waals surface area contributed by atoms with Crippen LogP contribution in [0.3, 0.4) is 0 Å². The number of nitrogens with one attached hydrogen (secondary N) is 1. The standard InChI is InChI=1S/C20H26N2O3/c1-14(2)25-17-8-5-7-16(12-17)19(23)13-22-20(24)11-10-15-6-3-4-9-18(15)21/h3-9,12,14,19,23H,10-11,13,21H2,1-2H3,(H,22,24). The van der Waals surface area contributed by atoms with Crippen LogP contribution >= 0.6 is 0 Å². The Kier molecular flexibility index (Phi) is 6.83. The molecular formula is C20H26N2O3. The summed E-state index contributed by atoms with van der Waals surface area (Å²) in [6.07, 6.45) is 0.197. The van der Waals surface area contributed by atoms with Gasteiger partial charge < -0.3 is 20.9 Å². The van der Waals surface area contributed by atoms with Crippen LogP contribution in [-0.2, 0) is 11.2 Å². The molecule has 0 bridgehead atoms. The third-order valence-corrected chi connectivity index (χ3v) is 3.78. The van der Waals surface area contributed by atoms with Gasteiger partial charge >= 0.3 is 0 Å². The Balaban J connectivity index is 1.82. The van der Waals surface area contributed by atoms with Gasteiger partial charge in [0.25, 0.3) is 0 Å². The minimum Gasteiger partial charge on any atom is -0.491 e. The number of para-hydroxylation sites is 1. The van der Waals surface area contributed by atoms with Gasteiger partial charge in [-0.05, 0) is 49.6 Å². The molecule has 0 saturated heterocycles. The third-order valence-electron chi connectivity index (χ3n) is 3.78. The van der Waals surface area contributed by atoms with E-state index in [0.717, 1.165) is 5.56 Å². The fraction of sp³-hybridized carbons (Fsp3) is 0.350. The molecule has 5 nitrogen and oxygen atoms in total. The summed E-state index contributed by atoms with van der Waals surface area (Å²) in [5.41, 5.74) is 8.23. The molecule has 2 rings (SSSR count). The first kappa shape index (κ1) is 18.8. The lowest BCUT2D eigenvalue weighted by atomic mass is 10.1. The number of aryl methyl sites for hydroxylation is 1. The predicted molar refractivity (Wildman–Crippen MR) is 99.4 cm³/mol. The molecule has 0 aliphatic heterocycles. The number of rotatable bonds is 8. The number of nitrogens with two attached hydrogens (primary N) is 1. The van der Waals surface area contributed by atoms with Crippen LogP contribution in [0, 0.1) is 0 Å². The highest BCUT2D eigenvalue weighted by atomic mass is 16.5. The molecule has 5 heteroatoms. The van der Waals surface area contributed by atoms with Crippen molar-refractivity contribution in [3.05, 3.63) is 59.7 Å². The summed E-state index contributed by atoms with van der Waals surface area (Å²) in [5.74, 6) is 0.592. The Bertz CT molecular complexity index is 701. The lowest BCUT2D eigenvalue weighted by Crippen LogP contribution is -2.28. The van der Waals surface area contributed by atoms with Crippen LogP contribution < -0.4 is 15.8 Å². The quantitative estimate of drug-likeness (QED) is 0.644. The molecule has 2 aromatic rings. The zero-order chi connectivity index (χ0) is 18.2. The van der Waals surface area contributed by atoms with E-state index in [2.05, 4.69) is 5.32 Å². The van der Waals surface area contributed by atoms with E-state index in [1.54, 1.807) is 6.07 Å². The van der Waals surface area contributed by atoms with Crippen LogP contribution in [0.2, 0.25) is 0 Å². The molecule has 25 heavy (non-hydrogen) atoms. The van der Waals surface area contributed by atoms with Gasteiger partial charge in [0.15, 0.2) is 0 Å². The highest BCUT2D eigenvalue weighted by Crippen LogP contribution is 2.20. The van der Waals surface area contributed by atoms with Crippen molar-refractivity contribution in [2.24, 2.45) is 0 Å². The molecule has 0 fully saturated rings. The Morgan fingerprint density at radius 2 is 1.96 bits per heavy atom. The van der Waals surface area contributed by atoms with Gasteiger partial charge in [-0.3, -0.25) is 4.79 Å². The zero-order valence-electron chi connectivity index (χ0n) is 14.7. The number of aliphatic hydroxyl groups is 1. The normalized spacial score (nSPS) is 12.0. The van der Waals surface area contributed by atoms with Crippen molar-refractivity contribution in [3.63, 3.8) is 0 Å². The Labute approximate surface area is 148 Å². The van der Waals surface area contributed by atoms with Gasteiger partial charge in [0.05, 0.1) is 12.2 Å². The summed E-state index contributed by atoms with van der Waals surface area (Å²) in [4.78, 5) is 12.0. The van der Waals surface area contributed by atoms with Crippen LogP contribution in [0.25, 0.3) is 0 Å². The van der Waals surface area contributed by atoms with Crippen molar-refractivity contribution >= 4 is 11.6 Å². The average Bonchev–Trinajstić information content (AvgIpc) is 2.58. The average molecular weight is 342 g/mol. The molecule has 4 N–H and O–H groups in total. The maximum absolute atomic E-state index is 12.0. The number of carbonyl (C=O) groups is 1. The number of aliphatic hydroxyl groups excluding tert-OH is 1. The van der Waals surface area contributed by atoms with Crippen LogP contribution in [0.5, 0.6) is 5.75 Å². The highest BCUT2D eigenvalue weighted by molar-refractivity contribution is 5.76. The molecular weight excluding hydrogens is 316 g/mol. The van der Waals surface area contributed by atoms with Crippen LogP contribution in [-0.4, -0.2) is 23.7 Å². The third kappa shape index (κ3) is 6.12. The second kappa shape index (κ2) is 9.08. The van der Waals surface area contributed by atoms with Gasteiger partial charge in [0.2, 0.25) is 5.91 Å². The van der Waals surface area contributed by atoms with Gasteiger partial charge in [0.1, 0.15) is 5.75 Å². The number of amides is 1. The lowest BCUT2D eigenvalue weighted by Gasteiger charge is -2.15. The topological polar surface area (TPSA) is 84.6 Å². The molecule has 0 aliphatic rings. The molecule has 1 amide bonds. The summed E-state index contributed by atoms with van der Waals surface area (Å²) in [7, 11) is 0. The highest BCUT2D eigenvalue weighted by Gasteiger charge is 2.11. The van der Waals surface area contributed by atoms with Gasteiger partial charge in [0, 0.05) is 18.7 Å². The second-order valence-corrected chi connectivity index (χ2v) is 6.26. The minimum atomic E-state index is -0.776. The first-order chi connectivity index (χ1) is 12.0. The molecule has 1 atom stereocenters. The number of nitrogen functional groups attached to an aromatic ring is 1. The van der Waals surface area contributed by atoms with E-state index < -0.39 is 6.10 Å². The fourth-order valence-corrected chi connectivity index (χ4v) is 2.49. The Morgan fingerprint density at radius 3 is 2.68 bits per heavy atom.